The molecule has 1 aromatic carbocycles. The topological polar surface area (TPSA) is 107 Å². The second-order valence-corrected chi connectivity index (χ2v) is 4.94. The van der Waals surface area contributed by atoms with Gasteiger partial charge in [-0.15, -0.1) is 0 Å². The molecule has 1 atom stereocenters. The minimum atomic E-state index is -0.612. The van der Waals surface area contributed by atoms with Gasteiger partial charge in [0.1, 0.15) is 0 Å². The number of nitrogens with zero attached hydrogens (tertiary/aromatic N) is 2. The van der Waals surface area contributed by atoms with Crippen LogP contribution in [0.3, 0.4) is 0 Å². The lowest BCUT2D eigenvalue weighted by molar-refractivity contribution is -0.384. The number of Topliss-reactive ketones (excluding diaryl/α,β-unsaturated/α-hetero) is 1. The number of nitro benzene ring substituents is 1. The van der Waals surface area contributed by atoms with Crippen LogP contribution in [0.15, 0.2) is 18.2 Å². The summed E-state index contributed by atoms with van der Waals surface area (Å²) in [7, 11) is 1.24. The van der Waals surface area contributed by atoms with E-state index in [1.807, 2.05) is 0 Å². The molecular weight excluding hydrogens is 292 g/mol. The minimum absolute atomic E-state index is 0.0129. The molecule has 0 radical (unpaired) electrons. The third-order valence-electron chi connectivity index (χ3n) is 3.52. The van der Waals surface area contributed by atoms with Crippen LogP contribution in [0.1, 0.15) is 23.7 Å². The highest BCUT2D eigenvalue weighted by Crippen LogP contribution is 2.31. The van der Waals surface area contributed by atoms with Crippen LogP contribution in [0.2, 0.25) is 0 Å². The molecule has 22 heavy (non-hydrogen) atoms. The lowest BCUT2D eigenvalue weighted by atomic mass is 10.1. The van der Waals surface area contributed by atoms with Crippen molar-refractivity contribution >= 4 is 29.0 Å². The first-order chi connectivity index (χ1) is 10.3. The molecule has 8 heteroatoms. The van der Waals surface area contributed by atoms with Gasteiger partial charge < -0.3 is 9.64 Å². The number of ketones is 1. The summed E-state index contributed by atoms with van der Waals surface area (Å²) in [5.74, 6) is -1.82. The number of carbonyl (C=O) groups is 3. The Balaban J connectivity index is 2.40. The van der Waals surface area contributed by atoms with Crippen LogP contribution in [-0.4, -0.2) is 36.2 Å². The van der Waals surface area contributed by atoms with Crippen molar-refractivity contribution in [1.29, 1.82) is 0 Å². The zero-order valence-corrected chi connectivity index (χ0v) is 12.1. The van der Waals surface area contributed by atoms with E-state index in [4.69, 9.17) is 0 Å². The number of esters is 1. The molecule has 116 valence electrons. The van der Waals surface area contributed by atoms with Crippen molar-refractivity contribution in [2.45, 2.75) is 13.3 Å². The molecule has 1 aliphatic rings. The molecule has 0 aliphatic carbocycles. The van der Waals surface area contributed by atoms with Crippen molar-refractivity contribution in [3.63, 3.8) is 0 Å². The first-order valence-corrected chi connectivity index (χ1v) is 6.52. The van der Waals surface area contributed by atoms with Gasteiger partial charge in [-0.1, -0.05) is 0 Å². The van der Waals surface area contributed by atoms with Crippen molar-refractivity contribution in [3.05, 3.63) is 33.9 Å². The Kier molecular flexibility index (Phi) is 4.20. The zero-order valence-electron chi connectivity index (χ0n) is 12.1. The maximum Gasteiger partial charge on any atom is 0.311 e. The van der Waals surface area contributed by atoms with E-state index < -0.39 is 22.6 Å². The van der Waals surface area contributed by atoms with Crippen molar-refractivity contribution in [2.24, 2.45) is 5.92 Å². The van der Waals surface area contributed by atoms with Gasteiger partial charge in [0.25, 0.3) is 5.69 Å². The molecule has 1 saturated heterocycles. The fourth-order valence-corrected chi connectivity index (χ4v) is 2.42. The predicted molar refractivity (Wildman–Crippen MR) is 75.6 cm³/mol. The fraction of sp³-hybridized carbons (Fsp3) is 0.357. The van der Waals surface area contributed by atoms with Crippen molar-refractivity contribution in [1.82, 2.24) is 0 Å². The standard InChI is InChI=1S/C14H14N2O6/c1-8(17)11-6-10(16(20)21)3-4-12(11)15-7-9(5-13(15)18)14(19)22-2/h3-4,6,9H,5,7H2,1-2H3. The SMILES string of the molecule is COC(=O)C1CC(=O)N(c2ccc([N+](=O)[O-])cc2C(C)=O)C1. The molecule has 1 amide bonds. The van der Waals surface area contributed by atoms with E-state index in [0.29, 0.717) is 0 Å². The number of anilines is 1. The van der Waals surface area contributed by atoms with Crippen LogP contribution < -0.4 is 4.90 Å². The van der Waals surface area contributed by atoms with Gasteiger partial charge in [0.15, 0.2) is 5.78 Å². The van der Waals surface area contributed by atoms with Crippen molar-refractivity contribution in [2.75, 3.05) is 18.6 Å². The number of hydrogen-bond acceptors (Lipinski definition) is 6. The Morgan fingerprint density at radius 2 is 2.09 bits per heavy atom. The molecule has 1 heterocycles. The number of rotatable bonds is 4. The normalized spacial score (nSPS) is 17.5. The molecule has 1 unspecified atom stereocenters. The summed E-state index contributed by atoms with van der Waals surface area (Å²) in [6, 6.07) is 3.71. The molecule has 0 aromatic heterocycles. The lowest BCUT2D eigenvalue weighted by Gasteiger charge is -2.19. The Morgan fingerprint density at radius 1 is 1.41 bits per heavy atom. The average Bonchev–Trinajstić information content (AvgIpc) is 2.87. The van der Waals surface area contributed by atoms with E-state index in [-0.39, 0.29) is 35.8 Å². The molecule has 1 fully saturated rings. The first kappa shape index (κ1) is 15.6. The zero-order chi connectivity index (χ0) is 16.4. The molecule has 2 rings (SSSR count). The average molecular weight is 306 g/mol. The number of carbonyl (C=O) groups excluding carboxylic acids is 3. The molecule has 1 aliphatic heterocycles. The molecule has 0 N–H and O–H groups in total. The summed E-state index contributed by atoms with van der Waals surface area (Å²) in [6.45, 7) is 1.35. The highest BCUT2D eigenvalue weighted by molar-refractivity contribution is 6.07. The van der Waals surface area contributed by atoms with E-state index in [9.17, 15) is 24.5 Å². The highest BCUT2D eigenvalue weighted by atomic mass is 16.6. The fourth-order valence-electron chi connectivity index (χ4n) is 2.42. The van der Waals surface area contributed by atoms with Crippen LogP contribution in [0.25, 0.3) is 0 Å². The van der Waals surface area contributed by atoms with Crippen LogP contribution in [0.5, 0.6) is 0 Å². The van der Waals surface area contributed by atoms with Gasteiger partial charge in [0.05, 0.1) is 23.6 Å². The molecule has 1 aromatic rings. The van der Waals surface area contributed by atoms with Crippen LogP contribution in [0.4, 0.5) is 11.4 Å². The van der Waals surface area contributed by atoms with E-state index in [0.717, 1.165) is 6.07 Å². The molecule has 0 spiro atoms. The van der Waals surface area contributed by atoms with Crippen molar-refractivity contribution < 1.29 is 24.0 Å². The third-order valence-corrected chi connectivity index (χ3v) is 3.52. The molecular formula is C14H14N2O6. The maximum absolute atomic E-state index is 12.1. The number of amides is 1. The Hall–Kier alpha value is -2.77. The summed E-state index contributed by atoms with van der Waals surface area (Å²) in [6.07, 6.45) is -0.0129. The third kappa shape index (κ3) is 2.80. The van der Waals surface area contributed by atoms with Gasteiger partial charge in [-0.25, -0.2) is 0 Å². The van der Waals surface area contributed by atoms with Gasteiger partial charge >= 0.3 is 5.97 Å². The Morgan fingerprint density at radius 3 is 2.64 bits per heavy atom. The smallest absolute Gasteiger partial charge is 0.311 e. The first-order valence-electron chi connectivity index (χ1n) is 6.52. The molecule has 8 nitrogen and oxygen atoms in total. The van der Waals surface area contributed by atoms with Crippen LogP contribution in [0, 0.1) is 16.0 Å². The number of non-ortho nitro benzene ring substituents is 1. The second kappa shape index (κ2) is 5.92. The molecule has 0 saturated carbocycles. The summed E-state index contributed by atoms with van der Waals surface area (Å²) in [5.41, 5.74) is 0.118. The quantitative estimate of drug-likeness (QED) is 0.359. The monoisotopic (exact) mass is 306 g/mol. The van der Waals surface area contributed by atoms with Gasteiger partial charge in [-0.2, -0.15) is 0 Å². The molecule has 0 bridgehead atoms. The second-order valence-electron chi connectivity index (χ2n) is 4.94. The van der Waals surface area contributed by atoms with Gasteiger partial charge in [-0.05, 0) is 13.0 Å². The van der Waals surface area contributed by atoms with E-state index in [1.54, 1.807) is 0 Å². The van der Waals surface area contributed by atoms with Gasteiger partial charge in [0, 0.05) is 30.7 Å². The van der Waals surface area contributed by atoms with Gasteiger partial charge in [-0.3, -0.25) is 24.5 Å². The number of methoxy groups -OCH3 is 1. The largest absolute Gasteiger partial charge is 0.469 e. The maximum atomic E-state index is 12.1. The van der Waals surface area contributed by atoms with Crippen molar-refractivity contribution in [3.8, 4) is 0 Å². The Labute approximate surface area is 125 Å². The summed E-state index contributed by atoms with van der Waals surface area (Å²) >= 11 is 0. The van der Waals surface area contributed by atoms with Crippen LogP contribution >= 0.6 is 0 Å². The summed E-state index contributed by atoms with van der Waals surface area (Å²) < 4.78 is 4.62. The summed E-state index contributed by atoms with van der Waals surface area (Å²) in [5, 5.41) is 10.8. The number of benzene rings is 1. The van der Waals surface area contributed by atoms with E-state index >= 15 is 0 Å². The van der Waals surface area contributed by atoms with E-state index in [2.05, 4.69) is 4.74 Å². The van der Waals surface area contributed by atoms with E-state index in [1.165, 1.54) is 31.1 Å². The predicted octanol–water partition coefficient (Wildman–Crippen LogP) is 1.32. The number of nitro groups is 1. The lowest BCUT2D eigenvalue weighted by Crippen LogP contribution is -2.27. The number of ether oxygens (including phenoxy) is 1. The number of hydrogen-bond donors (Lipinski definition) is 0. The highest BCUT2D eigenvalue weighted by Gasteiger charge is 2.37. The minimum Gasteiger partial charge on any atom is -0.469 e. The Bertz CT molecular complexity index is 669. The van der Waals surface area contributed by atoms with Gasteiger partial charge in [0.2, 0.25) is 5.91 Å². The van der Waals surface area contributed by atoms with Crippen LogP contribution in [-0.2, 0) is 14.3 Å². The summed E-state index contributed by atoms with van der Waals surface area (Å²) in [4.78, 5) is 46.8.